The van der Waals surface area contributed by atoms with Gasteiger partial charge in [-0.1, -0.05) is 12.2 Å². The SMILES string of the molecule is NC(=S)c1ccnnc1N1C2CCC1CC(O)C2. The van der Waals surface area contributed by atoms with Crippen molar-refractivity contribution in [3.05, 3.63) is 17.8 Å². The molecule has 1 aromatic heterocycles. The minimum Gasteiger partial charge on any atom is -0.393 e. The van der Waals surface area contributed by atoms with Crippen LogP contribution in [0.3, 0.4) is 0 Å². The Morgan fingerprint density at radius 1 is 1.39 bits per heavy atom. The number of aliphatic hydroxyl groups excluding tert-OH is 1. The Hall–Kier alpha value is -1.27. The molecule has 3 N–H and O–H groups in total. The lowest BCUT2D eigenvalue weighted by Crippen LogP contribution is -2.46. The van der Waals surface area contributed by atoms with Crippen molar-refractivity contribution in [2.24, 2.45) is 5.73 Å². The van der Waals surface area contributed by atoms with Crippen molar-refractivity contribution >= 4 is 23.0 Å². The third-order valence-electron chi connectivity index (χ3n) is 3.92. The maximum absolute atomic E-state index is 9.82. The molecular weight excluding hydrogens is 248 g/mol. The molecule has 0 radical (unpaired) electrons. The Bertz CT molecular complexity index is 467. The molecule has 0 aliphatic carbocycles. The maximum atomic E-state index is 9.82. The third kappa shape index (κ3) is 1.85. The first-order chi connectivity index (χ1) is 8.66. The van der Waals surface area contributed by atoms with Crippen molar-refractivity contribution in [1.82, 2.24) is 10.2 Å². The second-order valence-corrected chi connectivity index (χ2v) is 5.49. The van der Waals surface area contributed by atoms with E-state index in [0.717, 1.165) is 37.1 Å². The Kier molecular flexibility index (Phi) is 2.91. The monoisotopic (exact) mass is 264 g/mol. The summed E-state index contributed by atoms with van der Waals surface area (Å²) in [6, 6.07) is 2.49. The lowest BCUT2D eigenvalue weighted by molar-refractivity contribution is 0.126. The largest absolute Gasteiger partial charge is 0.393 e. The number of nitrogens with zero attached hydrogens (tertiary/aromatic N) is 3. The highest BCUT2D eigenvalue weighted by molar-refractivity contribution is 7.80. The van der Waals surface area contributed by atoms with E-state index in [1.54, 1.807) is 6.20 Å². The van der Waals surface area contributed by atoms with E-state index in [2.05, 4.69) is 15.1 Å². The van der Waals surface area contributed by atoms with E-state index in [0.29, 0.717) is 17.1 Å². The Morgan fingerprint density at radius 2 is 2.06 bits per heavy atom. The van der Waals surface area contributed by atoms with Crippen molar-refractivity contribution in [3.8, 4) is 0 Å². The van der Waals surface area contributed by atoms with Gasteiger partial charge < -0.3 is 15.7 Å². The summed E-state index contributed by atoms with van der Waals surface area (Å²) in [6.45, 7) is 0. The molecule has 0 saturated carbocycles. The van der Waals surface area contributed by atoms with Crippen LogP contribution in [-0.4, -0.2) is 38.5 Å². The van der Waals surface area contributed by atoms with Crippen molar-refractivity contribution in [2.45, 2.75) is 43.9 Å². The summed E-state index contributed by atoms with van der Waals surface area (Å²) >= 11 is 5.07. The first-order valence-corrected chi connectivity index (χ1v) is 6.65. The molecule has 2 fully saturated rings. The van der Waals surface area contributed by atoms with Gasteiger partial charge in [0.05, 0.1) is 17.9 Å². The Balaban J connectivity index is 1.99. The molecule has 18 heavy (non-hydrogen) atoms. The second kappa shape index (κ2) is 4.44. The fraction of sp³-hybridized carbons (Fsp3) is 0.583. The number of hydrogen-bond acceptors (Lipinski definition) is 5. The summed E-state index contributed by atoms with van der Waals surface area (Å²) in [5.41, 5.74) is 6.53. The number of aliphatic hydroxyl groups is 1. The quantitative estimate of drug-likeness (QED) is 0.762. The van der Waals surface area contributed by atoms with E-state index in [-0.39, 0.29) is 6.10 Å². The van der Waals surface area contributed by atoms with Crippen LogP contribution >= 0.6 is 12.2 Å². The fourth-order valence-corrected chi connectivity index (χ4v) is 3.36. The third-order valence-corrected chi connectivity index (χ3v) is 4.14. The van der Waals surface area contributed by atoms with Crippen LogP contribution in [0.15, 0.2) is 12.3 Å². The summed E-state index contributed by atoms with van der Waals surface area (Å²) in [4.78, 5) is 2.61. The lowest BCUT2D eigenvalue weighted by atomic mass is 9.99. The van der Waals surface area contributed by atoms with Gasteiger partial charge in [-0.3, -0.25) is 0 Å². The molecule has 5 nitrogen and oxygen atoms in total. The molecule has 0 amide bonds. The van der Waals surface area contributed by atoms with Crippen molar-refractivity contribution in [2.75, 3.05) is 4.90 Å². The molecule has 2 saturated heterocycles. The van der Waals surface area contributed by atoms with Crippen LogP contribution in [0.1, 0.15) is 31.2 Å². The molecule has 96 valence electrons. The first-order valence-electron chi connectivity index (χ1n) is 6.24. The summed E-state index contributed by atoms with van der Waals surface area (Å²) in [5, 5.41) is 18.0. The molecule has 0 spiro atoms. The highest BCUT2D eigenvalue weighted by atomic mass is 32.1. The topological polar surface area (TPSA) is 75.3 Å². The molecule has 3 heterocycles. The molecule has 2 bridgehead atoms. The first kappa shape index (κ1) is 11.8. The van der Waals surface area contributed by atoms with Crippen molar-refractivity contribution in [1.29, 1.82) is 0 Å². The van der Waals surface area contributed by atoms with Crippen LogP contribution in [0.2, 0.25) is 0 Å². The number of aromatic nitrogens is 2. The number of rotatable bonds is 2. The summed E-state index contributed by atoms with van der Waals surface area (Å²) in [6.07, 6.45) is 5.19. The van der Waals surface area contributed by atoms with Gasteiger partial charge in [-0.15, -0.1) is 5.10 Å². The van der Waals surface area contributed by atoms with Gasteiger partial charge in [0, 0.05) is 12.1 Å². The van der Waals surface area contributed by atoms with Crippen molar-refractivity contribution in [3.63, 3.8) is 0 Å². The average molecular weight is 264 g/mol. The number of thiocarbonyl (C=S) groups is 1. The number of nitrogens with two attached hydrogens (primary N) is 1. The average Bonchev–Trinajstić information content (AvgIpc) is 2.61. The number of piperidine rings is 1. The van der Waals surface area contributed by atoms with Crippen LogP contribution < -0.4 is 10.6 Å². The number of anilines is 1. The molecule has 2 atom stereocenters. The molecule has 2 unspecified atom stereocenters. The van der Waals surface area contributed by atoms with Crippen LogP contribution in [0, 0.1) is 0 Å². The molecule has 2 aliphatic rings. The molecule has 6 heteroatoms. The van der Waals surface area contributed by atoms with Gasteiger partial charge in [0.1, 0.15) is 4.99 Å². The zero-order chi connectivity index (χ0) is 12.7. The zero-order valence-electron chi connectivity index (χ0n) is 9.99. The zero-order valence-corrected chi connectivity index (χ0v) is 10.8. The van der Waals surface area contributed by atoms with E-state index in [1.165, 1.54) is 0 Å². The standard InChI is InChI=1S/C12H16N4OS/c13-11(18)10-3-4-14-15-12(10)16-7-1-2-8(16)6-9(17)5-7/h3-4,7-9,17H,1-2,5-6H2,(H2,13,18). The van der Waals surface area contributed by atoms with Gasteiger partial charge in [-0.25, -0.2) is 0 Å². The van der Waals surface area contributed by atoms with Crippen LogP contribution in [0.25, 0.3) is 0 Å². The van der Waals surface area contributed by atoms with Gasteiger partial charge in [0.25, 0.3) is 0 Å². The predicted octanol–water partition coefficient (Wildman–Crippen LogP) is 0.603. The van der Waals surface area contributed by atoms with Crippen LogP contribution in [0.4, 0.5) is 5.82 Å². The molecule has 2 aliphatic heterocycles. The van der Waals surface area contributed by atoms with Gasteiger partial charge in [0.15, 0.2) is 5.82 Å². The maximum Gasteiger partial charge on any atom is 0.162 e. The van der Waals surface area contributed by atoms with Gasteiger partial charge >= 0.3 is 0 Å². The molecular formula is C12H16N4OS. The Morgan fingerprint density at radius 3 is 2.67 bits per heavy atom. The summed E-state index contributed by atoms with van der Waals surface area (Å²) in [7, 11) is 0. The number of fused-ring (bicyclic) bond motifs is 2. The van der Waals surface area contributed by atoms with Gasteiger partial charge in [-0.05, 0) is 31.7 Å². The van der Waals surface area contributed by atoms with E-state index in [1.807, 2.05) is 6.07 Å². The number of hydrogen-bond donors (Lipinski definition) is 2. The second-order valence-electron chi connectivity index (χ2n) is 5.05. The lowest BCUT2D eigenvalue weighted by Gasteiger charge is -2.38. The summed E-state index contributed by atoms with van der Waals surface area (Å²) < 4.78 is 0. The van der Waals surface area contributed by atoms with E-state index >= 15 is 0 Å². The Labute approximate surface area is 111 Å². The minimum atomic E-state index is -0.191. The van der Waals surface area contributed by atoms with E-state index < -0.39 is 0 Å². The highest BCUT2D eigenvalue weighted by Crippen LogP contribution is 2.39. The molecule has 3 rings (SSSR count). The van der Waals surface area contributed by atoms with Crippen molar-refractivity contribution < 1.29 is 5.11 Å². The summed E-state index contributed by atoms with van der Waals surface area (Å²) in [5.74, 6) is 0.782. The normalized spacial score (nSPS) is 30.5. The minimum absolute atomic E-state index is 0.191. The van der Waals surface area contributed by atoms with Crippen LogP contribution in [0.5, 0.6) is 0 Å². The van der Waals surface area contributed by atoms with E-state index in [9.17, 15) is 5.11 Å². The van der Waals surface area contributed by atoms with E-state index in [4.69, 9.17) is 18.0 Å². The highest BCUT2D eigenvalue weighted by Gasteiger charge is 2.41. The van der Waals surface area contributed by atoms with Crippen LogP contribution in [-0.2, 0) is 0 Å². The smallest absolute Gasteiger partial charge is 0.162 e. The predicted molar refractivity (Wildman–Crippen MR) is 72.4 cm³/mol. The van der Waals surface area contributed by atoms with Gasteiger partial charge in [-0.2, -0.15) is 5.10 Å². The molecule has 0 aromatic carbocycles. The molecule has 1 aromatic rings. The van der Waals surface area contributed by atoms with Gasteiger partial charge in [0.2, 0.25) is 0 Å². The fourth-order valence-electron chi connectivity index (χ4n) is 3.20.